The van der Waals surface area contributed by atoms with Gasteiger partial charge in [-0.05, 0) is 49.3 Å². The maximum Gasteiger partial charge on any atom is 0.341 e. The highest BCUT2D eigenvalue weighted by Crippen LogP contribution is 2.38. The monoisotopic (exact) mass is 403 g/mol. The third-order valence-corrected chi connectivity index (χ3v) is 6.13. The van der Waals surface area contributed by atoms with Gasteiger partial charge in [-0.2, -0.15) is 0 Å². The molecule has 1 N–H and O–H groups in total. The summed E-state index contributed by atoms with van der Waals surface area (Å²) in [6, 6.07) is 5.61. The average Bonchev–Trinajstić information content (AvgIpc) is 3.08. The molecule has 0 atom stereocenters. The van der Waals surface area contributed by atoms with Gasteiger partial charge in [0.15, 0.2) is 11.5 Å². The highest BCUT2D eigenvalue weighted by molar-refractivity contribution is 7.17. The largest absolute Gasteiger partial charge is 0.493 e. The fourth-order valence-corrected chi connectivity index (χ4v) is 4.85. The Balaban J connectivity index is 1.74. The first-order valence-corrected chi connectivity index (χ1v) is 10.1. The van der Waals surface area contributed by atoms with Crippen LogP contribution < -0.4 is 14.8 Å². The summed E-state index contributed by atoms with van der Waals surface area (Å²) in [7, 11) is 4.54. The highest BCUT2D eigenvalue weighted by Gasteiger charge is 2.26. The molecule has 1 aromatic carbocycles. The Hall–Kier alpha value is -2.54. The second kappa shape index (κ2) is 9.10. The molecule has 1 heterocycles. The van der Waals surface area contributed by atoms with Crippen molar-refractivity contribution >= 4 is 28.2 Å². The van der Waals surface area contributed by atoms with E-state index >= 15 is 0 Å². The third-order valence-electron chi connectivity index (χ3n) is 4.92. The number of nitrogens with one attached hydrogen (secondary N) is 1. The number of thiophene rings is 1. The second-order valence-electron chi connectivity index (χ2n) is 6.61. The lowest BCUT2D eigenvalue weighted by Crippen LogP contribution is -2.15. The van der Waals surface area contributed by atoms with Crippen LogP contribution in [-0.2, 0) is 28.8 Å². The Labute approximate surface area is 168 Å². The summed E-state index contributed by atoms with van der Waals surface area (Å²) in [5.74, 6) is 0.747. The van der Waals surface area contributed by atoms with Crippen LogP contribution in [0.5, 0.6) is 11.5 Å². The van der Waals surface area contributed by atoms with Crippen LogP contribution in [0.3, 0.4) is 0 Å². The predicted octanol–water partition coefficient (Wildman–Crippen LogP) is 4.00. The molecule has 1 aliphatic carbocycles. The van der Waals surface area contributed by atoms with Crippen LogP contribution >= 0.6 is 11.3 Å². The SMILES string of the molecule is COC(=O)c1c(NC(=O)CCc2cccc(OC)c2OC)sc2c1CCCC2. The Kier molecular flexibility index (Phi) is 6.57. The molecule has 0 spiro atoms. The maximum atomic E-state index is 12.6. The van der Waals surface area contributed by atoms with Gasteiger partial charge in [0.25, 0.3) is 0 Å². The van der Waals surface area contributed by atoms with Crippen molar-refractivity contribution in [2.45, 2.75) is 38.5 Å². The Morgan fingerprint density at radius 3 is 2.61 bits per heavy atom. The molecule has 6 nitrogen and oxygen atoms in total. The molecule has 1 aromatic heterocycles. The molecule has 1 amide bonds. The number of aryl methyl sites for hydroxylation is 2. The number of anilines is 1. The average molecular weight is 404 g/mol. The topological polar surface area (TPSA) is 73.9 Å². The van der Waals surface area contributed by atoms with Crippen LogP contribution in [0.1, 0.15) is 45.6 Å². The van der Waals surface area contributed by atoms with Gasteiger partial charge in [-0.1, -0.05) is 12.1 Å². The molecule has 0 saturated carbocycles. The summed E-state index contributed by atoms with van der Waals surface area (Å²) in [5.41, 5.74) is 2.46. The zero-order chi connectivity index (χ0) is 20.1. The maximum absolute atomic E-state index is 12.6. The summed E-state index contributed by atoms with van der Waals surface area (Å²) in [6.07, 6.45) is 4.74. The van der Waals surface area contributed by atoms with Gasteiger partial charge < -0.3 is 19.5 Å². The van der Waals surface area contributed by atoms with E-state index in [0.29, 0.717) is 28.5 Å². The number of hydrogen-bond acceptors (Lipinski definition) is 6. The molecule has 7 heteroatoms. The summed E-state index contributed by atoms with van der Waals surface area (Å²) < 4.78 is 15.7. The molecule has 2 aromatic rings. The number of amides is 1. The smallest absolute Gasteiger partial charge is 0.341 e. The number of carbonyl (C=O) groups excluding carboxylic acids is 2. The zero-order valence-electron chi connectivity index (χ0n) is 16.4. The van der Waals surface area contributed by atoms with E-state index in [0.717, 1.165) is 36.8 Å². The molecule has 0 saturated heterocycles. The van der Waals surface area contributed by atoms with Crippen molar-refractivity contribution in [3.05, 3.63) is 39.8 Å². The Morgan fingerprint density at radius 2 is 1.89 bits per heavy atom. The van der Waals surface area contributed by atoms with Gasteiger partial charge in [-0.25, -0.2) is 4.79 Å². The lowest BCUT2D eigenvalue weighted by Gasteiger charge is -2.13. The van der Waals surface area contributed by atoms with E-state index in [1.54, 1.807) is 14.2 Å². The van der Waals surface area contributed by atoms with E-state index in [2.05, 4.69) is 5.32 Å². The van der Waals surface area contributed by atoms with Crippen molar-refractivity contribution in [3.8, 4) is 11.5 Å². The van der Waals surface area contributed by atoms with Crippen molar-refractivity contribution in [3.63, 3.8) is 0 Å². The second-order valence-corrected chi connectivity index (χ2v) is 7.71. The zero-order valence-corrected chi connectivity index (χ0v) is 17.2. The summed E-state index contributed by atoms with van der Waals surface area (Å²) in [5, 5.41) is 3.52. The molecule has 0 radical (unpaired) electrons. The quantitative estimate of drug-likeness (QED) is 0.708. The molecule has 0 unspecified atom stereocenters. The van der Waals surface area contributed by atoms with Gasteiger partial charge in [-0.3, -0.25) is 4.79 Å². The number of benzene rings is 1. The van der Waals surface area contributed by atoms with Gasteiger partial charge >= 0.3 is 5.97 Å². The molecule has 3 rings (SSSR count). The fraction of sp³-hybridized carbons (Fsp3) is 0.429. The first-order chi connectivity index (χ1) is 13.6. The molecule has 28 heavy (non-hydrogen) atoms. The first kappa shape index (κ1) is 20.2. The lowest BCUT2D eigenvalue weighted by molar-refractivity contribution is -0.116. The van der Waals surface area contributed by atoms with Crippen molar-refractivity contribution in [1.29, 1.82) is 0 Å². The van der Waals surface area contributed by atoms with Crippen LogP contribution in [0.25, 0.3) is 0 Å². The number of carbonyl (C=O) groups is 2. The van der Waals surface area contributed by atoms with Gasteiger partial charge in [0.2, 0.25) is 5.91 Å². The Morgan fingerprint density at radius 1 is 1.11 bits per heavy atom. The first-order valence-electron chi connectivity index (χ1n) is 9.31. The van der Waals surface area contributed by atoms with Crippen molar-refractivity contribution in [1.82, 2.24) is 0 Å². The van der Waals surface area contributed by atoms with E-state index in [9.17, 15) is 9.59 Å². The molecular formula is C21H25NO5S. The predicted molar refractivity (Wildman–Crippen MR) is 109 cm³/mol. The van der Waals surface area contributed by atoms with E-state index in [-0.39, 0.29) is 18.3 Å². The summed E-state index contributed by atoms with van der Waals surface area (Å²) >= 11 is 1.49. The van der Waals surface area contributed by atoms with E-state index < -0.39 is 0 Å². The van der Waals surface area contributed by atoms with E-state index in [1.807, 2.05) is 18.2 Å². The van der Waals surface area contributed by atoms with Gasteiger partial charge in [0.1, 0.15) is 5.00 Å². The number of methoxy groups -OCH3 is 3. The van der Waals surface area contributed by atoms with Crippen molar-refractivity contribution in [2.75, 3.05) is 26.6 Å². The lowest BCUT2D eigenvalue weighted by atomic mass is 9.95. The number of para-hydroxylation sites is 1. The Bertz CT molecular complexity index is 874. The third kappa shape index (κ3) is 4.14. The van der Waals surface area contributed by atoms with Crippen LogP contribution in [-0.4, -0.2) is 33.2 Å². The molecule has 0 fully saturated rings. The number of ether oxygens (including phenoxy) is 3. The van der Waals surface area contributed by atoms with Crippen LogP contribution in [0.15, 0.2) is 18.2 Å². The van der Waals surface area contributed by atoms with E-state index in [1.165, 1.54) is 23.3 Å². The number of hydrogen-bond donors (Lipinski definition) is 1. The van der Waals surface area contributed by atoms with Gasteiger partial charge in [0, 0.05) is 11.3 Å². The summed E-state index contributed by atoms with van der Waals surface area (Å²) in [6.45, 7) is 0. The van der Waals surface area contributed by atoms with E-state index in [4.69, 9.17) is 14.2 Å². The van der Waals surface area contributed by atoms with Crippen molar-refractivity contribution in [2.24, 2.45) is 0 Å². The van der Waals surface area contributed by atoms with Crippen LogP contribution in [0.4, 0.5) is 5.00 Å². The van der Waals surface area contributed by atoms with Gasteiger partial charge in [0.05, 0.1) is 26.9 Å². The fourth-order valence-electron chi connectivity index (χ4n) is 3.56. The van der Waals surface area contributed by atoms with Gasteiger partial charge in [-0.15, -0.1) is 11.3 Å². The number of fused-ring (bicyclic) bond motifs is 1. The van der Waals surface area contributed by atoms with Crippen molar-refractivity contribution < 1.29 is 23.8 Å². The normalized spacial score (nSPS) is 12.8. The standard InChI is InChI=1S/C21H25NO5S/c1-25-15-9-6-7-13(19(15)26-2)11-12-17(23)22-20-18(21(24)27-3)14-8-4-5-10-16(14)28-20/h6-7,9H,4-5,8,10-12H2,1-3H3,(H,22,23). The number of esters is 1. The number of rotatable bonds is 7. The molecule has 150 valence electrons. The molecular weight excluding hydrogens is 378 g/mol. The minimum absolute atomic E-state index is 0.145. The summed E-state index contributed by atoms with van der Waals surface area (Å²) in [4.78, 5) is 26.0. The molecule has 0 bridgehead atoms. The molecule has 1 aliphatic rings. The minimum atomic E-state index is -0.385. The highest BCUT2D eigenvalue weighted by atomic mass is 32.1. The molecule has 0 aliphatic heterocycles. The van der Waals surface area contributed by atoms with Crippen LogP contribution in [0, 0.1) is 0 Å². The van der Waals surface area contributed by atoms with Crippen LogP contribution in [0.2, 0.25) is 0 Å². The minimum Gasteiger partial charge on any atom is -0.493 e.